The molecule has 0 saturated heterocycles. The number of nitrogens with zero attached hydrogens (tertiary/aromatic N) is 2. The first-order valence-corrected chi connectivity index (χ1v) is 7.40. The van der Waals surface area contributed by atoms with Gasteiger partial charge in [-0.25, -0.2) is 0 Å². The van der Waals surface area contributed by atoms with Crippen LogP contribution in [0.4, 0.5) is 11.4 Å². The molecular weight excluding hydrogens is 322 g/mol. The highest BCUT2D eigenvalue weighted by Crippen LogP contribution is 2.31. The second-order valence-electron chi connectivity index (χ2n) is 5.57. The summed E-state index contributed by atoms with van der Waals surface area (Å²) in [6.45, 7) is 1.50. The quantitative estimate of drug-likeness (QED) is 0.433. The fourth-order valence-corrected chi connectivity index (χ4v) is 2.82. The zero-order valence-corrected chi connectivity index (χ0v) is 13.2. The molecule has 7 nitrogen and oxygen atoms in total. The predicted octanol–water partition coefficient (Wildman–Crippen LogP) is 4.38. The standard InChI is InChI=1S/C18H13N3O4/c1-11-9-15(17(21(24)25)10-16(11)20(22)23)18(19)14-8-4-6-12-5-2-3-7-13(12)14/h2-10,19H,1H3. The molecule has 0 aliphatic carbocycles. The van der Waals surface area contributed by atoms with Gasteiger partial charge in [-0.15, -0.1) is 0 Å². The van der Waals surface area contributed by atoms with Gasteiger partial charge in [0.05, 0.1) is 27.2 Å². The van der Waals surface area contributed by atoms with E-state index in [2.05, 4.69) is 0 Å². The van der Waals surface area contributed by atoms with Crippen LogP contribution in [0.25, 0.3) is 10.8 Å². The van der Waals surface area contributed by atoms with Crippen LogP contribution in [0.2, 0.25) is 0 Å². The van der Waals surface area contributed by atoms with Crippen LogP contribution in [0.5, 0.6) is 0 Å². The number of benzene rings is 3. The minimum absolute atomic E-state index is 0.0403. The Bertz CT molecular complexity index is 1040. The van der Waals surface area contributed by atoms with Crippen LogP contribution in [-0.2, 0) is 0 Å². The summed E-state index contributed by atoms with van der Waals surface area (Å²) in [5.74, 6) is 0. The van der Waals surface area contributed by atoms with Gasteiger partial charge in [0.25, 0.3) is 11.4 Å². The Morgan fingerprint density at radius 1 is 0.880 bits per heavy atom. The number of nitrogens with one attached hydrogen (secondary N) is 1. The molecule has 3 aromatic rings. The molecule has 7 heteroatoms. The first-order chi connectivity index (χ1) is 11.9. The number of hydrogen-bond acceptors (Lipinski definition) is 5. The summed E-state index contributed by atoms with van der Waals surface area (Å²) in [4.78, 5) is 21.1. The van der Waals surface area contributed by atoms with Gasteiger partial charge in [0, 0.05) is 11.1 Å². The zero-order chi connectivity index (χ0) is 18.1. The van der Waals surface area contributed by atoms with Crippen molar-refractivity contribution >= 4 is 27.9 Å². The largest absolute Gasteiger partial charge is 0.299 e. The van der Waals surface area contributed by atoms with Gasteiger partial charge in [0.2, 0.25) is 0 Å². The van der Waals surface area contributed by atoms with Crippen LogP contribution in [0.1, 0.15) is 16.7 Å². The molecule has 0 bridgehead atoms. The first kappa shape index (κ1) is 16.3. The van der Waals surface area contributed by atoms with Crippen molar-refractivity contribution in [2.45, 2.75) is 6.92 Å². The number of nitro groups is 2. The van der Waals surface area contributed by atoms with Gasteiger partial charge >= 0.3 is 0 Å². The number of fused-ring (bicyclic) bond motifs is 1. The predicted molar refractivity (Wildman–Crippen MR) is 94.4 cm³/mol. The van der Waals surface area contributed by atoms with E-state index in [-0.39, 0.29) is 22.5 Å². The molecule has 0 aromatic heterocycles. The summed E-state index contributed by atoms with van der Waals surface area (Å²) in [5, 5.41) is 32.6. The Balaban J connectivity index is 2.24. The molecule has 124 valence electrons. The minimum atomic E-state index is -0.693. The fraction of sp³-hybridized carbons (Fsp3) is 0.0556. The van der Waals surface area contributed by atoms with Crippen LogP contribution < -0.4 is 0 Å². The summed E-state index contributed by atoms with van der Waals surface area (Å²) in [7, 11) is 0. The Kier molecular flexibility index (Phi) is 3.98. The maximum absolute atomic E-state index is 11.4. The average molecular weight is 335 g/mol. The lowest BCUT2D eigenvalue weighted by Gasteiger charge is -2.10. The third-order valence-electron chi connectivity index (χ3n) is 4.04. The van der Waals surface area contributed by atoms with E-state index in [1.807, 2.05) is 30.3 Å². The fourth-order valence-electron chi connectivity index (χ4n) is 2.82. The average Bonchev–Trinajstić information content (AvgIpc) is 2.59. The van der Waals surface area contributed by atoms with E-state index in [1.165, 1.54) is 13.0 Å². The van der Waals surface area contributed by atoms with Gasteiger partial charge in [-0.1, -0.05) is 42.5 Å². The number of hydrogen-bond donors (Lipinski definition) is 1. The molecule has 0 aliphatic rings. The van der Waals surface area contributed by atoms with Crippen molar-refractivity contribution < 1.29 is 9.85 Å². The van der Waals surface area contributed by atoms with Crippen LogP contribution in [0.3, 0.4) is 0 Å². The van der Waals surface area contributed by atoms with E-state index in [4.69, 9.17) is 5.41 Å². The summed E-state index contributed by atoms with van der Waals surface area (Å²) >= 11 is 0. The van der Waals surface area contributed by atoms with Crippen molar-refractivity contribution in [2.75, 3.05) is 0 Å². The van der Waals surface area contributed by atoms with Crippen LogP contribution in [-0.4, -0.2) is 15.6 Å². The van der Waals surface area contributed by atoms with E-state index >= 15 is 0 Å². The monoisotopic (exact) mass is 335 g/mol. The van der Waals surface area contributed by atoms with Gasteiger partial charge in [-0.2, -0.15) is 0 Å². The molecule has 0 spiro atoms. The molecule has 25 heavy (non-hydrogen) atoms. The van der Waals surface area contributed by atoms with E-state index in [0.717, 1.165) is 16.8 Å². The van der Waals surface area contributed by atoms with Gasteiger partial charge in [-0.05, 0) is 23.8 Å². The van der Waals surface area contributed by atoms with Gasteiger partial charge in [0.1, 0.15) is 0 Å². The molecule has 0 radical (unpaired) electrons. The highest BCUT2D eigenvalue weighted by Gasteiger charge is 2.25. The molecule has 0 atom stereocenters. The molecule has 3 aromatic carbocycles. The molecule has 0 unspecified atom stereocenters. The molecule has 0 fully saturated rings. The third kappa shape index (κ3) is 2.83. The highest BCUT2D eigenvalue weighted by atomic mass is 16.6. The molecule has 3 rings (SSSR count). The molecule has 1 N–H and O–H groups in total. The Hall–Kier alpha value is -3.61. The second kappa shape index (κ2) is 6.12. The second-order valence-corrected chi connectivity index (χ2v) is 5.57. The van der Waals surface area contributed by atoms with E-state index < -0.39 is 15.5 Å². The minimum Gasteiger partial charge on any atom is -0.299 e. The molecule has 0 heterocycles. The summed E-state index contributed by atoms with van der Waals surface area (Å²) in [6.07, 6.45) is 0. The SMILES string of the molecule is Cc1cc(C(=N)c2cccc3ccccc23)c([N+](=O)[O-])cc1[N+](=O)[O-]. The Morgan fingerprint density at radius 3 is 2.20 bits per heavy atom. The Morgan fingerprint density at radius 2 is 1.52 bits per heavy atom. The van der Waals surface area contributed by atoms with Crippen LogP contribution in [0, 0.1) is 32.6 Å². The van der Waals surface area contributed by atoms with Gasteiger partial charge in [0.15, 0.2) is 0 Å². The number of aryl methyl sites for hydroxylation is 1. The van der Waals surface area contributed by atoms with Crippen molar-refractivity contribution in [3.8, 4) is 0 Å². The van der Waals surface area contributed by atoms with Crippen LogP contribution >= 0.6 is 0 Å². The normalized spacial score (nSPS) is 10.6. The van der Waals surface area contributed by atoms with Crippen molar-refractivity contribution in [1.82, 2.24) is 0 Å². The smallest absolute Gasteiger partial charge is 0.285 e. The maximum Gasteiger partial charge on any atom is 0.285 e. The van der Waals surface area contributed by atoms with Crippen molar-refractivity contribution in [2.24, 2.45) is 0 Å². The molecule has 0 aliphatic heterocycles. The lowest BCUT2D eigenvalue weighted by atomic mass is 9.94. The van der Waals surface area contributed by atoms with Crippen LogP contribution in [0.15, 0.2) is 54.6 Å². The summed E-state index contributed by atoms with van der Waals surface area (Å²) < 4.78 is 0. The lowest BCUT2D eigenvalue weighted by Crippen LogP contribution is -2.08. The van der Waals surface area contributed by atoms with Gasteiger partial charge in [-0.3, -0.25) is 25.6 Å². The lowest BCUT2D eigenvalue weighted by molar-refractivity contribution is -0.394. The van der Waals surface area contributed by atoms with Crippen molar-refractivity contribution in [1.29, 1.82) is 5.41 Å². The van der Waals surface area contributed by atoms with E-state index in [1.54, 1.807) is 12.1 Å². The molecular formula is C18H13N3O4. The summed E-state index contributed by atoms with van der Waals surface area (Å²) in [6, 6.07) is 15.1. The number of nitro benzene ring substituents is 2. The zero-order valence-electron chi connectivity index (χ0n) is 13.2. The van der Waals surface area contributed by atoms with Gasteiger partial charge < -0.3 is 0 Å². The molecule has 0 saturated carbocycles. The third-order valence-corrected chi connectivity index (χ3v) is 4.04. The first-order valence-electron chi connectivity index (χ1n) is 7.40. The maximum atomic E-state index is 11.4. The Labute approximate surface area is 142 Å². The van der Waals surface area contributed by atoms with Crippen molar-refractivity contribution in [3.05, 3.63) is 91.5 Å². The number of rotatable bonds is 4. The topological polar surface area (TPSA) is 110 Å². The highest BCUT2D eigenvalue weighted by molar-refractivity contribution is 6.19. The van der Waals surface area contributed by atoms with E-state index in [0.29, 0.717) is 5.56 Å². The summed E-state index contributed by atoms with van der Waals surface area (Å²) in [5.41, 5.74) is 0.0485. The van der Waals surface area contributed by atoms with E-state index in [9.17, 15) is 20.2 Å². The molecule has 0 amide bonds. The van der Waals surface area contributed by atoms with Crippen molar-refractivity contribution in [3.63, 3.8) is 0 Å².